The standard InChI is InChI=1S/C20H16ClN3O5S/c1-13-6-9-15(10-7-13)30(28,29)23-18-5-3-2-4-16(18)20(25)22-19-12-14(24(26)27)8-11-17(19)21/h2-12,23H,1H3,(H,22,25). The van der Waals surface area contributed by atoms with Crippen LogP contribution in [0.25, 0.3) is 0 Å². The molecular formula is C20H16ClN3O5S. The molecule has 0 heterocycles. The molecule has 1 amide bonds. The summed E-state index contributed by atoms with van der Waals surface area (Å²) in [5.74, 6) is -0.681. The number of nitro benzene ring substituents is 1. The number of non-ortho nitro benzene ring substituents is 1. The number of amides is 1. The van der Waals surface area contributed by atoms with E-state index in [2.05, 4.69) is 10.0 Å². The van der Waals surface area contributed by atoms with Crippen LogP contribution in [0.3, 0.4) is 0 Å². The minimum Gasteiger partial charge on any atom is -0.320 e. The number of anilines is 2. The number of carbonyl (C=O) groups excluding carboxylic acids is 1. The molecule has 0 atom stereocenters. The first kappa shape index (κ1) is 21.3. The van der Waals surface area contributed by atoms with Crippen molar-refractivity contribution in [3.63, 3.8) is 0 Å². The number of rotatable bonds is 6. The van der Waals surface area contributed by atoms with E-state index in [1.807, 2.05) is 6.92 Å². The molecule has 30 heavy (non-hydrogen) atoms. The van der Waals surface area contributed by atoms with Crippen molar-refractivity contribution in [2.75, 3.05) is 10.0 Å². The highest BCUT2D eigenvalue weighted by atomic mass is 35.5. The molecule has 0 unspecified atom stereocenters. The molecule has 0 fully saturated rings. The van der Waals surface area contributed by atoms with Crippen LogP contribution in [0.5, 0.6) is 0 Å². The van der Waals surface area contributed by atoms with E-state index in [0.29, 0.717) is 0 Å². The summed E-state index contributed by atoms with van der Waals surface area (Å²) in [4.78, 5) is 23.2. The van der Waals surface area contributed by atoms with E-state index in [4.69, 9.17) is 11.6 Å². The van der Waals surface area contributed by atoms with Crippen LogP contribution in [0.1, 0.15) is 15.9 Å². The van der Waals surface area contributed by atoms with E-state index in [1.165, 1.54) is 36.4 Å². The van der Waals surface area contributed by atoms with Gasteiger partial charge in [-0.25, -0.2) is 8.42 Å². The fourth-order valence-electron chi connectivity index (χ4n) is 2.60. The van der Waals surface area contributed by atoms with Crippen LogP contribution in [0.15, 0.2) is 71.6 Å². The van der Waals surface area contributed by atoms with Crippen LogP contribution in [-0.4, -0.2) is 19.2 Å². The highest BCUT2D eigenvalue weighted by Crippen LogP contribution is 2.28. The largest absolute Gasteiger partial charge is 0.320 e. The number of nitrogens with one attached hydrogen (secondary N) is 2. The van der Waals surface area contributed by atoms with Crippen molar-refractivity contribution in [2.24, 2.45) is 0 Å². The van der Waals surface area contributed by atoms with E-state index in [1.54, 1.807) is 24.3 Å². The number of para-hydroxylation sites is 1. The summed E-state index contributed by atoms with van der Waals surface area (Å²) >= 11 is 6.02. The number of hydrogen-bond donors (Lipinski definition) is 2. The SMILES string of the molecule is Cc1ccc(S(=O)(=O)Nc2ccccc2C(=O)Nc2cc([N+](=O)[O-])ccc2Cl)cc1. The predicted molar refractivity (Wildman–Crippen MR) is 114 cm³/mol. The Hall–Kier alpha value is -3.43. The Morgan fingerprint density at radius 1 is 1.00 bits per heavy atom. The summed E-state index contributed by atoms with van der Waals surface area (Å²) in [7, 11) is -3.93. The maximum atomic E-state index is 12.8. The van der Waals surface area contributed by atoms with Gasteiger partial charge in [0.25, 0.3) is 21.6 Å². The average molecular weight is 446 g/mol. The fraction of sp³-hybridized carbons (Fsp3) is 0.0500. The molecule has 0 saturated carbocycles. The minimum absolute atomic E-state index is 0.0239. The normalized spacial score (nSPS) is 11.0. The molecule has 3 aromatic rings. The van der Waals surface area contributed by atoms with E-state index >= 15 is 0 Å². The Morgan fingerprint density at radius 2 is 1.67 bits per heavy atom. The molecule has 0 saturated heterocycles. The number of benzene rings is 3. The molecule has 10 heteroatoms. The lowest BCUT2D eigenvalue weighted by molar-refractivity contribution is -0.384. The lowest BCUT2D eigenvalue weighted by Crippen LogP contribution is -2.18. The molecule has 0 aromatic heterocycles. The highest BCUT2D eigenvalue weighted by molar-refractivity contribution is 7.92. The van der Waals surface area contributed by atoms with Gasteiger partial charge in [-0.05, 0) is 37.3 Å². The molecule has 0 radical (unpaired) electrons. The second-order valence-corrected chi connectivity index (χ2v) is 8.43. The zero-order valence-corrected chi connectivity index (χ0v) is 17.2. The van der Waals surface area contributed by atoms with Gasteiger partial charge in [-0.2, -0.15) is 0 Å². The number of nitrogens with zero attached hydrogens (tertiary/aromatic N) is 1. The number of aryl methyl sites for hydroxylation is 1. The van der Waals surface area contributed by atoms with E-state index < -0.39 is 20.9 Å². The zero-order chi connectivity index (χ0) is 21.9. The van der Waals surface area contributed by atoms with Crippen LogP contribution >= 0.6 is 11.6 Å². The first-order chi connectivity index (χ1) is 14.2. The number of sulfonamides is 1. The van der Waals surface area contributed by atoms with Crippen molar-refractivity contribution >= 4 is 44.6 Å². The summed E-state index contributed by atoms with van der Waals surface area (Å²) in [6.45, 7) is 1.84. The van der Waals surface area contributed by atoms with Crippen molar-refractivity contribution in [3.8, 4) is 0 Å². The second-order valence-electron chi connectivity index (χ2n) is 6.34. The molecule has 3 aromatic carbocycles. The second kappa shape index (κ2) is 8.52. The molecule has 0 aliphatic heterocycles. The molecule has 154 valence electrons. The first-order valence-corrected chi connectivity index (χ1v) is 10.5. The number of nitro groups is 1. The van der Waals surface area contributed by atoms with Gasteiger partial charge in [-0.1, -0.05) is 41.4 Å². The average Bonchev–Trinajstić information content (AvgIpc) is 2.70. The van der Waals surface area contributed by atoms with Crippen LogP contribution < -0.4 is 10.0 Å². The summed E-state index contributed by atoms with van der Waals surface area (Å²) in [5.41, 5.74) is 0.769. The highest BCUT2D eigenvalue weighted by Gasteiger charge is 2.20. The van der Waals surface area contributed by atoms with Gasteiger partial charge >= 0.3 is 0 Å². The van der Waals surface area contributed by atoms with E-state index in [9.17, 15) is 23.3 Å². The summed E-state index contributed by atoms with van der Waals surface area (Å²) < 4.78 is 27.8. The Morgan fingerprint density at radius 3 is 2.33 bits per heavy atom. The summed E-state index contributed by atoms with van der Waals surface area (Å²) in [6.07, 6.45) is 0. The lowest BCUT2D eigenvalue weighted by Gasteiger charge is -2.13. The van der Waals surface area contributed by atoms with E-state index in [-0.39, 0.29) is 32.5 Å². The van der Waals surface area contributed by atoms with Gasteiger partial charge < -0.3 is 5.32 Å². The van der Waals surface area contributed by atoms with Crippen molar-refractivity contribution in [1.82, 2.24) is 0 Å². The van der Waals surface area contributed by atoms with Gasteiger partial charge in [0.2, 0.25) is 0 Å². The summed E-state index contributed by atoms with van der Waals surface area (Å²) in [5, 5.41) is 13.5. The third-order valence-electron chi connectivity index (χ3n) is 4.16. The topological polar surface area (TPSA) is 118 Å². The molecule has 3 rings (SSSR count). The molecular weight excluding hydrogens is 430 g/mol. The molecule has 2 N–H and O–H groups in total. The lowest BCUT2D eigenvalue weighted by atomic mass is 10.1. The molecule has 8 nitrogen and oxygen atoms in total. The van der Waals surface area contributed by atoms with Gasteiger partial charge in [0.05, 0.1) is 31.8 Å². The van der Waals surface area contributed by atoms with Gasteiger partial charge in [-0.15, -0.1) is 0 Å². The van der Waals surface area contributed by atoms with Crippen molar-refractivity contribution in [2.45, 2.75) is 11.8 Å². The molecule has 0 spiro atoms. The third kappa shape index (κ3) is 4.76. The summed E-state index contributed by atoms with van der Waals surface area (Å²) in [6, 6.07) is 15.9. The smallest absolute Gasteiger partial charge is 0.271 e. The molecule has 0 bridgehead atoms. The van der Waals surface area contributed by atoms with Crippen LogP contribution in [0.2, 0.25) is 5.02 Å². The third-order valence-corrected chi connectivity index (χ3v) is 5.87. The van der Waals surface area contributed by atoms with Crippen LogP contribution in [0.4, 0.5) is 17.1 Å². The maximum absolute atomic E-state index is 12.8. The maximum Gasteiger partial charge on any atom is 0.271 e. The van der Waals surface area contributed by atoms with Crippen LogP contribution in [0, 0.1) is 17.0 Å². The Labute approximate surface area is 177 Å². The van der Waals surface area contributed by atoms with Gasteiger partial charge in [0.15, 0.2) is 0 Å². The molecule has 0 aliphatic rings. The Kier molecular flexibility index (Phi) is 6.04. The van der Waals surface area contributed by atoms with Gasteiger partial charge in [0.1, 0.15) is 0 Å². The predicted octanol–water partition coefficient (Wildman–Crippen LogP) is 4.61. The Bertz CT molecular complexity index is 1230. The number of carbonyl (C=O) groups is 1. The number of halogens is 1. The molecule has 0 aliphatic carbocycles. The number of hydrogen-bond acceptors (Lipinski definition) is 5. The van der Waals surface area contributed by atoms with Crippen molar-refractivity contribution in [1.29, 1.82) is 0 Å². The quantitative estimate of drug-likeness (QED) is 0.424. The fourth-order valence-corrected chi connectivity index (χ4v) is 3.85. The van der Waals surface area contributed by atoms with Gasteiger partial charge in [-0.3, -0.25) is 19.6 Å². The van der Waals surface area contributed by atoms with Crippen molar-refractivity contribution < 1.29 is 18.1 Å². The van der Waals surface area contributed by atoms with E-state index in [0.717, 1.165) is 11.6 Å². The van der Waals surface area contributed by atoms with Crippen molar-refractivity contribution in [3.05, 3.63) is 93.0 Å². The monoisotopic (exact) mass is 445 g/mol. The zero-order valence-electron chi connectivity index (χ0n) is 15.6. The minimum atomic E-state index is -3.93. The van der Waals surface area contributed by atoms with Crippen LogP contribution in [-0.2, 0) is 10.0 Å². The first-order valence-electron chi connectivity index (χ1n) is 8.61. The van der Waals surface area contributed by atoms with Gasteiger partial charge in [0, 0.05) is 12.1 Å². The Balaban J connectivity index is 1.90.